The zero-order chi connectivity index (χ0) is 15.1. The second-order valence-corrected chi connectivity index (χ2v) is 5.28. The third-order valence-corrected chi connectivity index (χ3v) is 2.90. The van der Waals surface area contributed by atoms with Gasteiger partial charge in [-0.2, -0.15) is 13.2 Å². The lowest BCUT2D eigenvalue weighted by Crippen LogP contribution is -2.48. The number of quaternary nitrogens is 1. The number of carboxylic acids is 1. The van der Waals surface area contributed by atoms with Crippen LogP contribution in [0.5, 0.6) is 0 Å². The SMILES string of the molecule is COC[N+]1(CC(C)C)CCCC1.O=C([O-])C(F)(F)F. The zero-order valence-corrected chi connectivity index (χ0v) is 11.6. The maximum Gasteiger partial charge on any atom is 0.430 e. The minimum Gasteiger partial charge on any atom is -0.542 e. The standard InChI is InChI=1S/C10H22NO.C2HF3O2/c1-10(2)8-11(9-12-3)6-4-5-7-11;3-2(4,5)1(6)7/h10H,4-9H2,1-3H3;(H,6,7)/q+1;/p-1. The van der Waals surface area contributed by atoms with Gasteiger partial charge in [0.2, 0.25) is 0 Å². The molecule has 0 aromatic heterocycles. The molecule has 1 rings (SSSR count). The smallest absolute Gasteiger partial charge is 0.430 e. The molecule has 0 bridgehead atoms. The third-order valence-electron chi connectivity index (χ3n) is 2.90. The molecule has 0 aromatic carbocycles. The quantitative estimate of drug-likeness (QED) is 0.728. The van der Waals surface area contributed by atoms with Gasteiger partial charge in [0.05, 0.1) is 19.6 Å². The van der Waals surface area contributed by atoms with Crippen molar-refractivity contribution >= 4 is 5.97 Å². The molecule has 0 aliphatic carbocycles. The van der Waals surface area contributed by atoms with E-state index in [9.17, 15) is 13.2 Å². The number of carboxylic acid groups (broad SMARTS) is 1. The molecule has 7 heteroatoms. The lowest BCUT2D eigenvalue weighted by Gasteiger charge is -2.34. The maximum atomic E-state index is 10.5. The Kier molecular flexibility index (Phi) is 7.36. The summed E-state index contributed by atoms with van der Waals surface area (Å²) in [5, 5.41) is 8.78. The van der Waals surface area contributed by atoms with Gasteiger partial charge >= 0.3 is 6.18 Å². The van der Waals surface area contributed by atoms with Crippen LogP contribution in [0.4, 0.5) is 13.2 Å². The number of carbonyl (C=O) groups excluding carboxylic acids is 1. The number of nitrogens with zero attached hydrogens (tertiary/aromatic N) is 1. The van der Waals surface area contributed by atoms with Crippen molar-refractivity contribution in [3.8, 4) is 0 Å². The van der Waals surface area contributed by atoms with E-state index in [2.05, 4.69) is 13.8 Å². The van der Waals surface area contributed by atoms with E-state index >= 15 is 0 Å². The number of hydrogen-bond acceptors (Lipinski definition) is 3. The predicted octanol–water partition coefficient (Wildman–Crippen LogP) is 1.16. The molecule has 0 radical (unpaired) electrons. The van der Waals surface area contributed by atoms with Crippen LogP contribution in [0.3, 0.4) is 0 Å². The predicted molar refractivity (Wildman–Crippen MR) is 61.9 cm³/mol. The van der Waals surface area contributed by atoms with Crippen LogP contribution in [0.2, 0.25) is 0 Å². The molecule has 0 saturated carbocycles. The Hall–Kier alpha value is -0.820. The first-order chi connectivity index (χ1) is 8.63. The lowest BCUT2D eigenvalue weighted by molar-refractivity contribution is -0.937. The van der Waals surface area contributed by atoms with Gasteiger partial charge in [0.15, 0.2) is 6.73 Å². The van der Waals surface area contributed by atoms with Gasteiger partial charge in [0.25, 0.3) is 0 Å². The molecular formula is C12H22F3NO3. The van der Waals surface area contributed by atoms with Crippen molar-refractivity contribution in [2.45, 2.75) is 32.9 Å². The average Bonchev–Trinajstić information content (AvgIpc) is 2.65. The number of aliphatic carboxylic acids is 1. The summed E-state index contributed by atoms with van der Waals surface area (Å²) in [6.07, 6.45) is -2.42. The maximum absolute atomic E-state index is 10.5. The van der Waals surface area contributed by atoms with Gasteiger partial charge < -0.3 is 19.1 Å². The van der Waals surface area contributed by atoms with Crippen molar-refractivity contribution in [1.82, 2.24) is 0 Å². The monoisotopic (exact) mass is 285 g/mol. The summed E-state index contributed by atoms with van der Waals surface area (Å²) >= 11 is 0. The summed E-state index contributed by atoms with van der Waals surface area (Å²) in [7, 11) is 1.82. The highest BCUT2D eigenvalue weighted by Crippen LogP contribution is 2.21. The topological polar surface area (TPSA) is 49.4 Å². The summed E-state index contributed by atoms with van der Waals surface area (Å²) in [5.41, 5.74) is 0. The summed E-state index contributed by atoms with van der Waals surface area (Å²) in [6.45, 7) is 9.45. The van der Waals surface area contributed by atoms with E-state index in [1.54, 1.807) is 0 Å². The largest absolute Gasteiger partial charge is 0.542 e. The normalized spacial score (nSPS) is 18.1. The molecule has 1 aliphatic rings. The fourth-order valence-corrected chi connectivity index (χ4v) is 2.42. The number of likely N-dealkylation sites (tertiary alicyclic amines) is 1. The van der Waals surface area contributed by atoms with E-state index in [1.165, 1.54) is 37.0 Å². The fraction of sp³-hybridized carbons (Fsp3) is 0.917. The van der Waals surface area contributed by atoms with Crippen LogP contribution in [-0.4, -0.2) is 50.1 Å². The molecule has 1 saturated heterocycles. The van der Waals surface area contributed by atoms with Crippen molar-refractivity contribution in [2.75, 3.05) is 33.5 Å². The van der Waals surface area contributed by atoms with Crippen molar-refractivity contribution in [1.29, 1.82) is 0 Å². The van der Waals surface area contributed by atoms with Gasteiger partial charge in [0, 0.05) is 25.9 Å². The molecular weight excluding hydrogens is 263 g/mol. The van der Waals surface area contributed by atoms with Gasteiger partial charge in [-0.1, -0.05) is 13.8 Å². The molecule has 0 atom stereocenters. The summed E-state index contributed by atoms with van der Waals surface area (Å²) in [6, 6.07) is 0. The van der Waals surface area contributed by atoms with Crippen LogP contribution in [0, 0.1) is 5.92 Å². The van der Waals surface area contributed by atoms with Crippen molar-refractivity contribution in [3.05, 3.63) is 0 Å². The minimum atomic E-state index is -5.19. The highest BCUT2D eigenvalue weighted by atomic mass is 19.4. The van der Waals surface area contributed by atoms with Gasteiger partial charge in [-0.15, -0.1) is 0 Å². The summed E-state index contributed by atoms with van der Waals surface area (Å²) in [5.74, 6) is -2.22. The van der Waals surface area contributed by atoms with Gasteiger partial charge in [0.1, 0.15) is 5.97 Å². The minimum absolute atomic E-state index is 0.790. The van der Waals surface area contributed by atoms with Crippen LogP contribution in [0.15, 0.2) is 0 Å². The molecule has 0 unspecified atom stereocenters. The molecule has 0 spiro atoms. The Morgan fingerprint density at radius 2 is 1.74 bits per heavy atom. The van der Waals surface area contributed by atoms with Crippen LogP contribution in [-0.2, 0) is 9.53 Å². The first-order valence-corrected chi connectivity index (χ1v) is 6.25. The Bertz CT molecular complexity index is 274. The highest BCUT2D eigenvalue weighted by Gasteiger charge is 2.32. The first kappa shape index (κ1) is 18.2. The van der Waals surface area contributed by atoms with Gasteiger partial charge in [-0.3, -0.25) is 0 Å². The van der Waals surface area contributed by atoms with Crippen LogP contribution >= 0.6 is 0 Å². The molecule has 0 N–H and O–H groups in total. The molecule has 114 valence electrons. The molecule has 0 aromatic rings. The van der Waals surface area contributed by atoms with Crippen LogP contribution < -0.4 is 5.11 Å². The van der Waals surface area contributed by atoms with E-state index in [1.807, 2.05) is 7.11 Å². The third kappa shape index (κ3) is 7.37. The Morgan fingerprint density at radius 1 is 1.32 bits per heavy atom. The van der Waals surface area contributed by atoms with Crippen LogP contribution in [0.25, 0.3) is 0 Å². The van der Waals surface area contributed by atoms with E-state index < -0.39 is 12.1 Å². The number of ether oxygens (including phenoxy) is 1. The molecule has 1 aliphatic heterocycles. The highest BCUT2D eigenvalue weighted by molar-refractivity contribution is 5.70. The van der Waals surface area contributed by atoms with E-state index in [4.69, 9.17) is 14.6 Å². The summed E-state index contributed by atoms with van der Waals surface area (Å²) in [4.78, 5) is 8.78. The number of halogens is 3. The Labute approximate surface area is 111 Å². The van der Waals surface area contributed by atoms with Crippen molar-refractivity contribution < 1.29 is 32.3 Å². The number of alkyl halides is 3. The number of rotatable bonds is 4. The zero-order valence-electron chi connectivity index (χ0n) is 11.6. The number of methoxy groups -OCH3 is 1. The van der Waals surface area contributed by atoms with E-state index in [0.29, 0.717) is 0 Å². The second kappa shape index (κ2) is 7.69. The average molecular weight is 285 g/mol. The first-order valence-electron chi connectivity index (χ1n) is 6.25. The molecule has 19 heavy (non-hydrogen) atoms. The summed E-state index contributed by atoms with van der Waals surface area (Å²) < 4.78 is 38.1. The van der Waals surface area contributed by atoms with E-state index in [-0.39, 0.29) is 0 Å². The fourth-order valence-electron chi connectivity index (χ4n) is 2.42. The molecule has 1 fully saturated rings. The Balaban J connectivity index is 0.000000399. The second-order valence-electron chi connectivity index (χ2n) is 5.28. The lowest BCUT2D eigenvalue weighted by atomic mass is 10.2. The number of hydrogen-bond donors (Lipinski definition) is 0. The number of carbonyl (C=O) groups is 1. The van der Waals surface area contributed by atoms with E-state index in [0.717, 1.165) is 12.6 Å². The van der Waals surface area contributed by atoms with Gasteiger partial charge in [-0.25, -0.2) is 0 Å². The Morgan fingerprint density at radius 3 is 2.00 bits per heavy atom. The van der Waals surface area contributed by atoms with Crippen LogP contribution in [0.1, 0.15) is 26.7 Å². The molecule has 4 nitrogen and oxygen atoms in total. The molecule has 0 amide bonds. The van der Waals surface area contributed by atoms with Crippen molar-refractivity contribution in [2.24, 2.45) is 5.92 Å². The van der Waals surface area contributed by atoms with Crippen molar-refractivity contribution in [3.63, 3.8) is 0 Å². The van der Waals surface area contributed by atoms with Gasteiger partial charge in [-0.05, 0) is 0 Å². The molecule has 1 heterocycles.